The molecular formula is C24H44ClN. The van der Waals surface area contributed by atoms with E-state index >= 15 is 0 Å². The van der Waals surface area contributed by atoms with Crippen LogP contribution in [0, 0.1) is 0 Å². The Morgan fingerprint density at radius 3 is 1.50 bits per heavy atom. The van der Waals surface area contributed by atoms with Crippen molar-refractivity contribution < 1.29 is 0 Å². The van der Waals surface area contributed by atoms with E-state index in [1.165, 1.54) is 95.5 Å². The average molecular weight is 382 g/mol. The third-order valence-corrected chi connectivity index (χ3v) is 5.39. The van der Waals surface area contributed by atoms with Gasteiger partial charge in [0.1, 0.15) is 0 Å². The van der Waals surface area contributed by atoms with Crippen molar-refractivity contribution in [1.82, 2.24) is 4.90 Å². The van der Waals surface area contributed by atoms with Gasteiger partial charge in [-0.3, -0.25) is 0 Å². The van der Waals surface area contributed by atoms with Crippen molar-refractivity contribution >= 4 is 12.4 Å². The van der Waals surface area contributed by atoms with Crippen LogP contribution in [0.15, 0.2) is 30.3 Å². The maximum absolute atomic E-state index is 2.37. The van der Waals surface area contributed by atoms with Crippen LogP contribution in [0.2, 0.25) is 0 Å². The number of hydrogen-bond donors (Lipinski definition) is 0. The molecule has 26 heavy (non-hydrogen) atoms. The number of unbranched alkanes of at least 4 members (excludes halogenated alkanes) is 12. The number of rotatable bonds is 16. The standard InChI is InChI=1S/C24H43N.ClH/c1-4-5-6-7-8-9-10-11-12-13-14-15-19-22-24(25(2)3)23-20-17-16-18-21-23;/h16-18,20-21,24H,4-15,19,22H2,1-3H3;1H. The summed E-state index contributed by atoms with van der Waals surface area (Å²) in [7, 11) is 4.42. The minimum Gasteiger partial charge on any atom is -0.302 e. The summed E-state index contributed by atoms with van der Waals surface area (Å²) in [5, 5.41) is 0. The van der Waals surface area contributed by atoms with Gasteiger partial charge in [-0.25, -0.2) is 0 Å². The average Bonchev–Trinajstić information content (AvgIpc) is 2.62. The topological polar surface area (TPSA) is 3.24 Å². The lowest BCUT2D eigenvalue weighted by Gasteiger charge is -2.24. The van der Waals surface area contributed by atoms with Crippen LogP contribution in [0.25, 0.3) is 0 Å². The highest BCUT2D eigenvalue weighted by Crippen LogP contribution is 2.24. The first-order valence-corrected chi connectivity index (χ1v) is 11.0. The van der Waals surface area contributed by atoms with Gasteiger partial charge in [-0.1, -0.05) is 121 Å². The van der Waals surface area contributed by atoms with Gasteiger partial charge in [0.05, 0.1) is 0 Å². The van der Waals surface area contributed by atoms with Gasteiger partial charge in [-0.2, -0.15) is 0 Å². The smallest absolute Gasteiger partial charge is 0.0342 e. The molecule has 0 aliphatic heterocycles. The van der Waals surface area contributed by atoms with E-state index in [1.807, 2.05) is 0 Å². The lowest BCUT2D eigenvalue weighted by atomic mass is 9.98. The van der Waals surface area contributed by atoms with Crippen molar-refractivity contribution in [3.63, 3.8) is 0 Å². The predicted octanol–water partition coefficient (Wildman–Crippen LogP) is 8.19. The molecule has 152 valence electrons. The second-order valence-corrected chi connectivity index (χ2v) is 7.92. The van der Waals surface area contributed by atoms with Crippen molar-refractivity contribution in [1.29, 1.82) is 0 Å². The Balaban J connectivity index is 0.00000625. The van der Waals surface area contributed by atoms with Crippen LogP contribution >= 0.6 is 12.4 Å². The van der Waals surface area contributed by atoms with Gasteiger partial charge < -0.3 is 4.90 Å². The molecule has 1 nitrogen and oxygen atoms in total. The molecule has 1 atom stereocenters. The summed E-state index contributed by atoms with van der Waals surface area (Å²) in [5.41, 5.74) is 1.46. The van der Waals surface area contributed by atoms with Crippen molar-refractivity contribution in [2.24, 2.45) is 0 Å². The zero-order valence-corrected chi connectivity index (χ0v) is 18.5. The third kappa shape index (κ3) is 12.8. The Bertz CT molecular complexity index is 390. The molecule has 0 aliphatic carbocycles. The van der Waals surface area contributed by atoms with Crippen molar-refractivity contribution in [3.05, 3.63) is 35.9 Å². The van der Waals surface area contributed by atoms with E-state index in [2.05, 4.69) is 56.3 Å². The zero-order valence-electron chi connectivity index (χ0n) is 17.7. The number of benzene rings is 1. The second-order valence-electron chi connectivity index (χ2n) is 7.92. The first-order valence-electron chi connectivity index (χ1n) is 11.0. The Hall–Kier alpha value is -0.530. The zero-order chi connectivity index (χ0) is 18.2. The molecule has 1 aromatic carbocycles. The number of hydrogen-bond acceptors (Lipinski definition) is 1. The van der Waals surface area contributed by atoms with Crippen molar-refractivity contribution in [2.45, 2.75) is 103 Å². The normalized spacial score (nSPS) is 12.2. The number of nitrogens with zero attached hydrogens (tertiary/aromatic N) is 1. The molecule has 0 saturated heterocycles. The van der Waals surface area contributed by atoms with Crippen LogP contribution in [0.5, 0.6) is 0 Å². The minimum absolute atomic E-state index is 0. The molecule has 0 saturated carbocycles. The van der Waals surface area contributed by atoms with Crippen molar-refractivity contribution in [3.8, 4) is 0 Å². The van der Waals surface area contributed by atoms with E-state index in [4.69, 9.17) is 0 Å². The first kappa shape index (κ1) is 25.5. The summed E-state index contributed by atoms with van der Waals surface area (Å²) in [6.45, 7) is 2.29. The maximum Gasteiger partial charge on any atom is 0.0342 e. The van der Waals surface area contributed by atoms with E-state index in [1.54, 1.807) is 0 Å². The lowest BCUT2D eigenvalue weighted by Crippen LogP contribution is -2.19. The van der Waals surface area contributed by atoms with Gasteiger partial charge in [-0.15, -0.1) is 12.4 Å². The van der Waals surface area contributed by atoms with Crippen molar-refractivity contribution in [2.75, 3.05) is 14.1 Å². The molecule has 1 aromatic rings. The van der Waals surface area contributed by atoms with Crippen LogP contribution in [-0.4, -0.2) is 19.0 Å². The number of halogens is 1. The summed E-state index contributed by atoms with van der Waals surface area (Å²) in [5.74, 6) is 0. The van der Waals surface area contributed by atoms with Crippen LogP contribution < -0.4 is 0 Å². The molecule has 0 aromatic heterocycles. The quantitative estimate of drug-likeness (QED) is 0.261. The SMILES string of the molecule is CCCCCCCCCCCCCCCC(c1ccccc1)N(C)C.Cl. The van der Waals surface area contributed by atoms with Crippen LogP contribution in [0.4, 0.5) is 0 Å². The Labute approximate surface area is 170 Å². The van der Waals surface area contributed by atoms with E-state index < -0.39 is 0 Å². The maximum atomic E-state index is 2.37. The Morgan fingerprint density at radius 2 is 1.08 bits per heavy atom. The molecule has 1 unspecified atom stereocenters. The summed E-state index contributed by atoms with van der Waals surface area (Å²) < 4.78 is 0. The largest absolute Gasteiger partial charge is 0.302 e. The summed E-state index contributed by atoms with van der Waals surface area (Å²) in [6.07, 6.45) is 19.9. The molecule has 0 heterocycles. The highest BCUT2D eigenvalue weighted by Gasteiger charge is 2.12. The monoisotopic (exact) mass is 381 g/mol. The first-order chi connectivity index (χ1) is 12.3. The molecule has 2 heteroatoms. The van der Waals surface area contributed by atoms with Gasteiger partial charge in [0.15, 0.2) is 0 Å². The fourth-order valence-corrected chi connectivity index (χ4v) is 3.75. The van der Waals surface area contributed by atoms with Gasteiger partial charge >= 0.3 is 0 Å². The van der Waals surface area contributed by atoms with E-state index in [0.29, 0.717) is 6.04 Å². The molecule has 1 rings (SSSR count). The van der Waals surface area contributed by atoms with Crippen LogP contribution in [0.3, 0.4) is 0 Å². The summed E-state index contributed by atoms with van der Waals surface area (Å²) >= 11 is 0. The predicted molar refractivity (Wildman–Crippen MR) is 120 cm³/mol. The van der Waals surface area contributed by atoms with Gasteiger partial charge in [0.25, 0.3) is 0 Å². The highest BCUT2D eigenvalue weighted by atomic mass is 35.5. The van der Waals surface area contributed by atoms with E-state index in [0.717, 1.165) is 0 Å². The molecule has 0 bridgehead atoms. The van der Waals surface area contributed by atoms with E-state index in [9.17, 15) is 0 Å². The molecular weight excluding hydrogens is 338 g/mol. The third-order valence-electron chi connectivity index (χ3n) is 5.39. The lowest BCUT2D eigenvalue weighted by molar-refractivity contribution is 0.276. The van der Waals surface area contributed by atoms with Crippen LogP contribution in [0.1, 0.15) is 108 Å². The molecule has 0 amide bonds. The summed E-state index contributed by atoms with van der Waals surface area (Å²) in [6, 6.07) is 11.6. The Kier molecular flexibility index (Phi) is 17.5. The molecule has 0 aliphatic rings. The van der Waals surface area contributed by atoms with Gasteiger partial charge in [0, 0.05) is 6.04 Å². The fourth-order valence-electron chi connectivity index (χ4n) is 3.75. The van der Waals surface area contributed by atoms with Crippen LogP contribution in [-0.2, 0) is 0 Å². The molecule has 0 N–H and O–H groups in total. The van der Waals surface area contributed by atoms with Gasteiger partial charge in [0.2, 0.25) is 0 Å². The molecule has 0 radical (unpaired) electrons. The summed E-state index contributed by atoms with van der Waals surface area (Å²) in [4.78, 5) is 2.37. The van der Waals surface area contributed by atoms with Gasteiger partial charge in [-0.05, 0) is 26.1 Å². The highest BCUT2D eigenvalue weighted by molar-refractivity contribution is 5.85. The Morgan fingerprint density at radius 1 is 0.654 bits per heavy atom. The fraction of sp³-hybridized carbons (Fsp3) is 0.750. The molecule has 0 fully saturated rings. The second kappa shape index (κ2) is 17.9. The minimum atomic E-state index is 0. The molecule has 0 spiro atoms. The van der Waals surface area contributed by atoms with E-state index in [-0.39, 0.29) is 12.4 Å².